The number of nitrogens with one attached hydrogen (secondary N) is 3. The molecular weight excluding hydrogens is 368 g/mol. The lowest BCUT2D eigenvalue weighted by Crippen LogP contribution is -2.43. The van der Waals surface area contributed by atoms with Gasteiger partial charge in [0.1, 0.15) is 0 Å². The van der Waals surface area contributed by atoms with Crippen LogP contribution in [-0.2, 0) is 6.54 Å². The van der Waals surface area contributed by atoms with E-state index in [1.807, 2.05) is 44.2 Å². The van der Waals surface area contributed by atoms with Crippen LogP contribution in [0, 0.1) is 13.8 Å². The molecule has 1 heterocycles. The Morgan fingerprint density at radius 2 is 1.85 bits per heavy atom. The molecule has 1 saturated carbocycles. The summed E-state index contributed by atoms with van der Waals surface area (Å²) in [5.74, 6) is 0.988. The van der Waals surface area contributed by atoms with Crippen LogP contribution >= 0.6 is 23.8 Å². The number of aromatic nitrogens is 2. The molecule has 6 nitrogen and oxygen atoms in total. The molecule has 0 atom stereocenters. The predicted molar refractivity (Wildman–Crippen MR) is 110 cm³/mol. The van der Waals surface area contributed by atoms with Crippen LogP contribution in [0.2, 0.25) is 5.02 Å². The van der Waals surface area contributed by atoms with Gasteiger partial charge in [0.15, 0.2) is 5.11 Å². The van der Waals surface area contributed by atoms with Crippen molar-refractivity contribution in [3.63, 3.8) is 0 Å². The van der Waals surface area contributed by atoms with Crippen molar-refractivity contribution in [2.75, 3.05) is 5.32 Å². The lowest BCUT2D eigenvalue weighted by molar-refractivity contribution is 0.896. The molecule has 2 aromatic rings. The number of aliphatic imine (C=N–C) groups is 1. The van der Waals surface area contributed by atoms with E-state index in [1.54, 1.807) is 0 Å². The molecule has 26 heavy (non-hydrogen) atoms. The molecule has 8 heteroatoms. The van der Waals surface area contributed by atoms with Crippen molar-refractivity contribution in [1.29, 1.82) is 0 Å². The Labute approximate surface area is 163 Å². The Kier molecular flexibility index (Phi) is 6.00. The molecule has 0 aliphatic heterocycles. The van der Waals surface area contributed by atoms with E-state index in [1.165, 1.54) is 0 Å². The van der Waals surface area contributed by atoms with Crippen molar-refractivity contribution in [2.45, 2.75) is 39.3 Å². The molecule has 1 fully saturated rings. The molecule has 0 saturated heterocycles. The SMILES string of the molecule is Cc1cc(C)nc(NC(=NCc2ccc(Cl)cc2)NC(=S)NC2CC2)n1. The number of thiocarbonyl (C=S) groups is 1. The van der Waals surface area contributed by atoms with Gasteiger partial charge in [-0.2, -0.15) is 0 Å². The van der Waals surface area contributed by atoms with Crippen molar-refractivity contribution < 1.29 is 0 Å². The van der Waals surface area contributed by atoms with E-state index in [9.17, 15) is 0 Å². The fraction of sp³-hybridized carbons (Fsp3) is 0.333. The second-order valence-electron chi connectivity index (χ2n) is 6.26. The standard InChI is InChI=1S/C18H21ClN6S/c1-11-9-12(2)22-17(21-11)24-16(25-18(26)23-15-7-8-15)20-10-13-3-5-14(19)6-4-13/h3-6,9,15H,7-8,10H2,1-2H3,(H3,20,21,22,23,24,25,26). The lowest BCUT2D eigenvalue weighted by Gasteiger charge is -2.14. The molecule has 0 unspecified atom stereocenters. The van der Waals surface area contributed by atoms with Crippen LogP contribution in [0.25, 0.3) is 0 Å². The van der Waals surface area contributed by atoms with E-state index in [0.29, 0.717) is 34.6 Å². The van der Waals surface area contributed by atoms with Crippen LogP contribution in [0.3, 0.4) is 0 Å². The minimum Gasteiger partial charge on any atom is -0.360 e. The first-order chi connectivity index (χ1) is 12.5. The minimum absolute atomic E-state index is 0.463. The number of anilines is 1. The van der Waals surface area contributed by atoms with Crippen LogP contribution < -0.4 is 16.0 Å². The van der Waals surface area contributed by atoms with E-state index in [-0.39, 0.29) is 0 Å². The summed E-state index contributed by atoms with van der Waals surface area (Å²) in [6.45, 7) is 4.33. The molecule has 0 amide bonds. The third kappa shape index (κ3) is 5.93. The zero-order valence-electron chi connectivity index (χ0n) is 14.7. The van der Waals surface area contributed by atoms with Gasteiger partial charge in [-0.3, -0.25) is 5.32 Å². The number of hydrogen-bond donors (Lipinski definition) is 3. The average Bonchev–Trinajstić information content (AvgIpc) is 3.37. The van der Waals surface area contributed by atoms with Gasteiger partial charge in [-0.25, -0.2) is 15.0 Å². The maximum atomic E-state index is 5.93. The summed E-state index contributed by atoms with van der Waals surface area (Å²) >= 11 is 11.3. The number of hydrogen-bond acceptors (Lipinski definition) is 4. The number of benzene rings is 1. The third-order valence-electron chi connectivity index (χ3n) is 3.69. The quantitative estimate of drug-likeness (QED) is 0.424. The Morgan fingerprint density at radius 3 is 2.46 bits per heavy atom. The summed E-state index contributed by atoms with van der Waals surface area (Å²) in [7, 11) is 0. The van der Waals surface area contributed by atoms with Gasteiger partial charge in [0.05, 0.1) is 6.54 Å². The van der Waals surface area contributed by atoms with Gasteiger partial charge >= 0.3 is 0 Å². The van der Waals surface area contributed by atoms with Crippen LogP contribution in [0.15, 0.2) is 35.3 Å². The Hall–Kier alpha value is -2.25. The fourth-order valence-electron chi connectivity index (χ4n) is 2.31. The number of rotatable bonds is 4. The molecular formula is C18H21ClN6S. The van der Waals surface area contributed by atoms with Gasteiger partial charge in [-0.05, 0) is 62.7 Å². The summed E-state index contributed by atoms with van der Waals surface area (Å²) in [4.78, 5) is 13.4. The van der Waals surface area contributed by atoms with Crippen molar-refractivity contribution >= 4 is 40.8 Å². The van der Waals surface area contributed by atoms with E-state index >= 15 is 0 Å². The smallest absolute Gasteiger partial charge is 0.229 e. The average molecular weight is 389 g/mol. The fourth-order valence-corrected chi connectivity index (χ4v) is 2.70. The highest BCUT2D eigenvalue weighted by molar-refractivity contribution is 7.80. The molecule has 1 aliphatic rings. The van der Waals surface area contributed by atoms with E-state index < -0.39 is 0 Å². The highest BCUT2D eigenvalue weighted by atomic mass is 35.5. The zero-order valence-corrected chi connectivity index (χ0v) is 16.3. The minimum atomic E-state index is 0.463. The number of guanidine groups is 1. The van der Waals surface area contributed by atoms with Crippen LogP contribution in [-0.4, -0.2) is 27.1 Å². The van der Waals surface area contributed by atoms with E-state index in [0.717, 1.165) is 29.8 Å². The third-order valence-corrected chi connectivity index (χ3v) is 4.16. The van der Waals surface area contributed by atoms with Gasteiger partial charge < -0.3 is 10.6 Å². The van der Waals surface area contributed by atoms with E-state index in [4.69, 9.17) is 23.8 Å². The Morgan fingerprint density at radius 1 is 1.19 bits per heavy atom. The molecule has 3 N–H and O–H groups in total. The Bertz CT molecular complexity index is 797. The normalized spacial score (nSPS) is 14.0. The van der Waals surface area contributed by atoms with Crippen LogP contribution in [0.4, 0.5) is 5.95 Å². The second kappa shape index (κ2) is 8.42. The Balaban J connectivity index is 1.73. The molecule has 1 aliphatic carbocycles. The molecule has 1 aromatic carbocycles. The predicted octanol–water partition coefficient (Wildman–Crippen LogP) is 3.34. The molecule has 0 spiro atoms. The first-order valence-corrected chi connectivity index (χ1v) is 9.22. The maximum absolute atomic E-state index is 5.93. The van der Waals surface area contributed by atoms with Crippen LogP contribution in [0.1, 0.15) is 29.8 Å². The number of nitrogens with zero attached hydrogens (tertiary/aromatic N) is 3. The maximum Gasteiger partial charge on any atom is 0.229 e. The van der Waals surface area contributed by atoms with Gasteiger partial charge in [0.25, 0.3) is 0 Å². The van der Waals surface area contributed by atoms with Gasteiger partial charge in [-0.1, -0.05) is 23.7 Å². The summed E-state index contributed by atoms with van der Waals surface area (Å²) in [6.07, 6.45) is 2.29. The summed E-state index contributed by atoms with van der Waals surface area (Å²) in [5, 5.41) is 10.7. The van der Waals surface area contributed by atoms with Gasteiger partial charge in [-0.15, -0.1) is 0 Å². The topological polar surface area (TPSA) is 74.2 Å². The first kappa shape index (κ1) is 18.5. The highest BCUT2D eigenvalue weighted by Gasteiger charge is 2.22. The second-order valence-corrected chi connectivity index (χ2v) is 7.11. The summed E-state index contributed by atoms with van der Waals surface area (Å²) < 4.78 is 0. The van der Waals surface area contributed by atoms with Crippen molar-refractivity contribution in [3.05, 3.63) is 52.3 Å². The molecule has 0 bridgehead atoms. The van der Waals surface area contributed by atoms with Crippen molar-refractivity contribution in [1.82, 2.24) is 20.6 Å². The zero-order chi connectivity index (χ0) is 18.5. The van der Waals surface area contributed by atoms with Gasteiger partial charge in [0, 0.05) is 22.5 Å². The van der Waals surface area contributed by atoms with Crippen molar-refractivity contribution in [3.8, 4) is 0 Å². The highest BCUT2D eigenvalue weighted by Crippen LogP contribution is 2.18. The summed E-state index contributed by atoms with van der Waals surface area (Å²) in [5.41, 5.74) is 2.81. The van der Waals surface area contributed by atoms with Crippen molar-refractivity contribution in [2.24, 2.45) is 4.99 Å². The molecule has 3 rings (SSSR count). The first-order valence-electron chi connectivity index (χ1n) is 8.43. The molecule has 1 aromatic heterocycles. The largest absolute Gasteiger partial charge is 0.360 e. The van der Waals surface area contributed by atoms with Crippen LogP contribution in [0.5, 0.6) is 0 Å². The lowest BCUT2D eigenvalue weighted by atomic mass is 10.2. The molecule has 0 radical (unpaired) electrons. The number of aryl methyl sites for hydroxylation is 2. The van der Waals surface area contributed by atoms with E-state index in [2.05, 4.69) is 30.9 Å². The number of halogens is 1. The monoisotopic (exact) mass is 388 g/mol. The molecule has 136 valence electrons. The summed E-state index contributed by atoms with van der Waals surface area (Å²) in [6, 6.07) is 9.96. The van der Waals surface area contributed by atoms with Gasteiger partial charge in [0.2, 0.25) is 11.9 Å².